The second-order valence-electron chi connectivity index (χ2n) is 4.70. The fourth-order valence-corrected chi connectivity index (χ4v) is 2.35. The molecule has 16 heavy (non-hydrogen) atoms. The summed E-state index contributed by atoms with van der Waals surface area (Å²) in [5.41, 5.74) is 1.12. The average molecular weight is 220 g/mol. The van der Waals surface area contributed by atoms with Gasteiger partial charge in [0.05, 0.1) is 11.8 Å². The molecule has 0 radical (unpaired) electrons. The Morgan fingerprint density at radius 3 is 3.12 bits per heavy atom. The van der Waals surface area contributed by atoms with Gasteiger partial charge in [-0.15, -0.1) is 0 Å². The van der Waals surface area contributed by atoms with Gasteiger partial charge in [0.25, 0.3) is 0 Å². The number of likely N-dealkylation sites (tertiary alicyclic amines) is 1. The minimum atomic E-state index is -0.188. The van der Waals surface area contributed by atoms with Gasteiger partial charge in [-0.1, -0.05) is 6.07 Å². The first kappa shape index (κ1) is 11.6. The molecule has 2 atom stereocenters. The topological polar surface area (TPSA) is 36.4 Å². The van der Waals surface area contributed by atoms with E-state index in [0.717, 1.165) is 31.7 Å². The summed E-state index contributed by atoms with van der Waals surface area (Å²) in [4.78, 5) is 6.73. The lowest BCUT2D eigenvalue weighted by atomic mass is 9.93. The van der Waals surface area contributed by atoms with Gasteiger partial charge in [0.1, 0.15) is 0 Å². The summed E-state index contributed by atoms with van der Waals surface area (Å²) in [6.45, 7) is 4.92. The number of aliphatic hydroxyl groups excluding tert-OH is 1. The van der Waals surface area contributed by atoms with Crippen LogP contribution in [0.2, 0.25) is 0 Å². The lowest BCUT2D eigenvalue weighted by Crippen LogP contribution is -2.39. The monoisotopic (exact) mass is 220 g/mol. The van der Waals surface area contributed by atoms with E-state index in [9.17, 15) is 5.11 Å². The summed E-state index contributed by atoms with van der Waals surface area (Å²) in [5.74, 6) is 0.428. The molecule has 1 fully saturated rings. The van der Waals surface area contributed by atoms with Crippen molar-refractivity contribution in [2.75, 3.05) is 13.1 Å². The fourth-order valence-electron chi connectivity index (χ4n) is 2.35. The fraction of sp³-hybridized carbons (Fsp3) is 0.615. The normalized spacial score (nSPS) is 24.2. The summed E-state index contributed by atoms with van der Waals surface area (Å²) in [6, 6.07) is 6.03. The molecule has 0 saturated carbocycles. The van der Waals surface area contributed by atoms with Crippen LogP contribution in [0.15, 0.2) is 24.4 Å². The van der Waals surface area contributed by atoms with E-state index in [1.54, 1.807) is 0 Å². The molecule has 3 nitrogen and oxygen atoms in total. The zero-order chi connectivity index (χ0) is 11.4. The number of rotatable bonds is 3. The molecule has 2 heterocycles. The van der Waals surface area contributed by atoms with Crippen molar-refractivity contribution in [1.29, 1.82) is 0 Å². The highest BCUT2D eigenvalue weighted by Gasteiger charge is 2.23. The highest BCUT2D eigenvalue weighted by molar-refractivity contribution is 5.03. The Labute approximate surface area is 97.1 Å². The predicted octanol–water partition coefficient (Wildman–Crippen LogP) is 1.67. The molecule has 1 aliphatic heterocycles. The molecule has 1 aromatic rings. The summed E-state index contributed by atoms with van der Waals surface area (Å²) >= 11 is 0. The first-order valence-electron chi connectivity index (χ1n) is 6.06. The molecule has 1 saturated heterocycles. The molecule has 1 aromatic heterocycles. The molecule has 0 amide bonds. The molecule has 0 aliphatic carbocycles. The van der Waals surface area contributed by atoms with Crippen molar-refractivity contribution in [3.8, 4) is 0 Å². The molecule has 1 N–H and O–H groups in total. The van der Waals surface area contributed by atoms with Crippen LogP contribution in [0.3, 0.4) is 0 Å². The van der Waals surface area contributed by atoms with Crippen LogP contribution in [0, 0.1) is 5.92 Å². The van der Waals surface area contributed by atoms with Crippen molar-refractivity contribution in [3.05, 3.63) is 30.1 Å². The zero-order valence-electron chi connectivity index (χ0n) is 9.84. The number of piperidine rings is 1. The third-order valence-electron chi connectivity index (χ3n) is 3.34. The Balaban J connectivity index is 1.90. The maximum atomic E-state index is 9.62. The molecule has 0 spiro atoms. The van der Waals surface area contributed by atoms with Gasteiger partial charge in [0.15, 0.2) is 0 Å². The van der Waals surface area contributed by atoms with E-state index in [-0.39, 0.29) is 6.10 Å². The maximum absolute atomic E-state index is 9.62. The lowest BCUT2D eigenvalue weighted by Gasteiger charge is -2.33. The molecular formula is C13H20N2O. The van der Waals surface area contributed by atoms with Crippen LogP contribution in [0.4, 0.5) is 0 Å². The first-order valence-corrected chi connectivity index (χ1v) is 6.06. The van der Waals surface area contributed by atoms with Gasteiger partial charge in [0.2, 0.25) is 0 Å². The van der Waals surface area contributed by atoms with E-state index in [1.807, 2.05) is 25.3 Å². The molecule has 2 rings (SSSR count). The van der Waals surface area contributed by atoms with Crippen LogP contribution in [0.5, 0.6) is 0 Å². The van der Waals surface area contributed by atoms with Crippen molar-refractivity contribution < 1.29 is 5.11 Å². The third-order valence-corrected chi connectivity index (χ3v) is 3.34. The SMILES string of the molecule is C[C@@H](O)[C@@H]1CCCN(Cc2ccccn2)C1. The molecular weight excluding hydrogens is 200 g/mol. The maximum Gasteiger partial charge on any atom is 0.0552 e. The minimum absolute atomic E-state index is 0.188. The summed E-state index contributed by atoms with van der Waals surface area (Å²) in [5, 5.41) is 9.62. The largest absolute Gasteiger partial charge is 0.393 e. The van der Waals surface area contributed by atoms with Crippen molar-refractivity contribution in [1.82, 2.24) is 9.88 Å². The zero-order valence-corrected chi connectivity index (χ0v) is 9.84. The van der Waals surface area contributed by atoms with Crippen LogP contribution in [0.1, 0.15) is 25.5 Å². The second kappa shape index (κ2) is 5.41. The number of aliphatic hydroxyl groups is 1. The van der Waals surface area contributed by atoms with Gasteiger partial charge in [-0.05, 0) is 44.4 Å². The highest BCUT2D eigenvalue weighted by atomic mass is 16.3. The van der Waals surface area contributed by atoms with E-state index in [1.165, 1.54) is 6.42 Å². The standard InChI is InChI=1S/C13H20N2O/c1-11(16)12-5-4-8-15(9-12)10-13-6-2-3-7-14-13/h2-3,6-7,11-12,16H,4-5,8-10H2,1H3/t11-,12-/m1/s1. The Hall–Kier alpha value is -0.930. The second-order valence-corrected chi connectivity index (χ2v) is 4.70. The van der Waals surface area contributed by atoms with E-state index in [0.29, 0.717) is 5.92 Å². The third kappa shape index (κ3) is 3.03. The van der Waals surface area contributed by atoms with Gasteiger partial charge in [-0.3, -0.25) is 9.88 Å². The van der Waals surface area contributed by atoms with Crippen LogP contribution >= 0.6 is 0 Å². The van der Waals surface area contributed by atoms with Gasteiger partial charge in [-0.2, -0.15) is 0 Å². The van der Waals surface area contributed by atoms with Crippen LogP contribution in [-0.2, 0) is 6.54 Å². The summed E-state index contributed by atoms with van der Waals surface area (Å²) in [7, 11) is 0. The van der Waals surface area contributed by atoms with E-state index < -0.39 is 0 Å². The van der Waals surface area contributed by atoms with E-state index in [4.69, 9.17) is 0 Å². The molecule has 3 heteroatoms. The lowest BCUT2D eigenvalue weighted by molar-refractivity contribution is 0.0594. The van der Waals surface area contributed by atoms with Gasteiger partial charge >= 0.3 is 0 Å². The predicted molar refractivity (Wildman–Crippen MR) is 63.9 cm³/mol. The van der Waals surface area contributed by atoms with E-state index >= 15 is 0 Å². The number of pyridine rings is 1. The number of nitrogens with zero attached hydrogens (tertiary/aromatic N) is 2. The van der Waals surface area contributed by atoms with Gasteiger partial charge in [0, 0.05) is 19.3 Å². The Morgan fingerprint density at radius 2 is 2.44 bits per heavy atom. The smallest absolute Gasteiger partial charge is 0.0552 e. The summed E-state index contributed by atoms with van der Waals surface area (Å²) < 4.78 is 0. The molecule has 0 unspecified atom stereocenters. The molecule has 0 aromatic carbocycles. The van der Waals surface area contributed by atoms with Crippen LogP contribution in [0.25, 0.3) is 0 Å². The molecule has 1 aliphatic rings. The molecule has 88 valence electrons. The first-order chi connectivity index (χ1) is 7.75. The Morgan fingerprint density at radius 1 is 1.56 bits per heavy atom. The van der Waals surface area contributed by atoms with Gasteiger partial charge in [-0.25, -0.2) is 0 Å². The van der Waals surface area contributed by atoms with Crippen LogP contribution < -0.4 is 0 Å². The van der Waals surface area contributed by atoms with Crippen molar-refractivity contribution in [2.45, 2.75) is 32.4 Å². The quantitative estimate of drug-likeness (QED) is 0.842. The van der Waals surface area contributed by atoms with Crippen molar-refractivity contribution in [2.24, 2.45) is 5.92 Å². The Kier molecular flexibility index (Phi) is 3.91. The van der Waals surface area contributed by atoms with Crippen molar-refractivity contribution in [3.63, 3.8) is 0 Å². The van der Waals surface area contributed by atoms with Crippen LogP contribution in [-0.4, -0.2) is 34.2 Å². The minimum Gasteiger partial charge on any atom is -0.393 e. The Bertz CT molecular complexity index is 313. The molecule has 0 bridgehead atoms. The number of hydrogen-bond acceptors (Lipinski definition) is 3. The summed E-state index contributed by atoms with van der Waals surface area (Å²) in [6.07, 6.45) is 3.98. The number of hydrogen-bond donors (Lipinski definition) is 1. The van der Waals surface area contributed by atoms with E-state index in [2.05, 4.69) is 16.0 Å². The van der Waals surface area contributed by atoms with Crippen molar-refractivity contribution >= 4 is 0 Å². The van der Waals surface area contributed by atoms with Gasteiger partial charge < -0.3 is 5.11 Å². The number of aromatic nitrogens is 1. The average Bonchev–Trinajstić information content (AvgIpc) is 2.30. The highest BCUT2D eigenvalue weighted by Crippen LogP contribution is 2.20.